The van der Waals surface area contributed by atoms with Crippen LogP contribution in [0.3, 0.4) is 0 Å². The fourth-order valence-electron chi connectivity index (χ4n) is 2.83. The van der Waals surface area contributed by atoms with E-state index >= 15 is 0 Å². The first-order valence-electron chi connectivity index (χ1n) is 10.1. The van der Waals surface area contributed by atoms with E-state index in [1.807, 2.05) is 0 Å². The first-order valence-corrected chi connectivity index (χ1v) is 10.1. The summed E-state index contributed by atoms with van der Waals surface area (Å²) in [5.41, 5.74) is 0. The number of amides is 1. The second-order valence-corrected chi connectivity index (χ2v) is 7.00. The topological polar surface area (TPSA) is 49.3 Å². The lowest BCUT2D eigenvalue weighted by Gasteiger charge is -2.07. The van der Waals surface area contributed by atoms with Gasteiger partial charge in [-0.25, -0.2) is 0 Å². The molecule has 0 saturated carbocycles. The highest BCUT2D eigenvalue weighted by Crippen LogP contribution is 2.13. The third kappa shape index (κ3) is 19.4. The normalized spacial score (nSPS) is 12.3. The smallest absolute Gasteiger partial charge is 0.220 e. The number of carbonyl (C=O) groups excluding carboxylic acids is 1. The summed E-state index contributed by atoms with van der Waals surface area (Å²) in [6, 6.07) is 0. The van der Waals surface area contributed by atoms with Crippen molar-refractivity contribution in [1.82, 2.24) is 5.32 Å². The Balaban J connectivity index is 3.09. The molecule has 0 aromatic carbocycles. The van der Waals surface area contributed by atoms with Crippen LogP contribution in [0.1, 0.15) is 110 Å². The van der Waals surface area contributed by atoms with Crippen LogP contribution in [0.2, 0.25) is 0 Å². The highest BCUT2D eigenvalue weighted by Gasteiger charge is 2.02. The van der Waals surface area contributed by atoms with Crippen LogP contribution in [0.5, 0.6) is 0 Å². The standard InChI is InChI=1S/C20H41NO2/c1-3-4-5-6-7-8-9-10-11-12-13-14-15-16-17-20(23)21-18-19(2)22/h19,22H,3-18H2,1-2H3,(H,21,23). The molecular weight excluding hydrogens is 286 g/mol. The summed E-state index contributed by atoms with van der Waals surface area (Å²) in [4.78, 5) is 11.4. The Morgan fingerprint density at radius 1 is 0.783 bits per heavy atom. The van der Waals surface area contributed by atoms with Crippen molar-refractivity contribution in [2.75, 3.05) is 6.54 Å². The quantitative estimate of drug-likeness (QED) is 0.354. The molecule has 23 heavy (non-hydrogen) atoms. The summed E-state index contributed by atoms with van der Waals surface area (Å²) in [5.74, 6) is 0.0739. The molecule has 1 unspecified atom stereocenters. The van der Waals surface area contributed by atoms with Gasteiger partial charge in [0.25, 0.3) is 0 Å². The van der Waals surface area contributed by atoms with Gasteiger partial charge < -0.3 is 10.4 Å². The van der Waals surface area contributed by atoms with Crippen LogP contribution in [0.25, 0.3) is 0 Å². The summed E-state index contributed by atoms with van der Waals surface area (Å²) in [5, 5.41) is 11.8. The predicted molar refractivity (Wildman–Crippen MR) is 99.6 cm³/mol. The summed E-state index contributed by atoms with van der Waals surface area (Å²) in [6.07, 6.45) is 18.8. The number of carbonyl (C=O) groups is 1. The summed E-state index contributed by atoms with van der Waals surface area (Å²) >= 11 is 0. The number of hydrogen-bond donors (Lipinski definition) is 2. The van der Waals surface area contributed by atoms with Gasteiger partial charge in [0, 0.05) is 13.0 Å². The van der Waals surface area contributed by atoms with Crippen LogP contribution in [-0.2, 0) is 4.79 Å². The molecule has 138 valence electrons. The average Bonchev–Trinajstić information content (AvgIpc) is 2.53. The Labute approximate surface area is 144 Å². The highest BCUT2D eigenvalue weighted by atomic mass is 16.3. The molecule has 3 heteroatoms. The van der Waals surface area contributed by atoms with Gasteiger partial charge in [-0.05, 0) is 13.3 Å². The number of aliphatic hydroxyl groups is 1. The van der Waals surface area contributed by atoms with E-state index < -0.39 is 6.10 Å². The third-order valence-corrected chi connectivity index (χ3v) is 4.35. The first kappa shape index (κ1) is 22.4. The van der Waals surface area contributed by atoms with Gasteiger partial charge in [0.1, 0.15) is 0 Å². The molecule has 0 aliphatic heterocycles. The van der Waals surface area contributed by atoms with Crippen LogP contribution in [0, 0.1) is 0 Å². The van der Waals surface area contributed by atoms with Crippen molar-refractivity contribution in [2.24, 2.45) is 0 Å². The van der Waals surface area contributed by atoms with Gasteiger partial charge in [-0.15, -0.1) is 0 Å². The molecule has 1 atom stereocenters. The lowest BCUT2D eigenvalue weighted by atomic mass is 10.0. The molecule has 0 heterocycles. The number of nitrogens with one attached hydrogen (secondary N) is 1. The Bertz CT molecular complexity index is 254. The Kier molecular flexibility index (Phi) is 17.3. The fourth-order valence-corrected chi connectivity index (χ4v) is 2.83. The minimum Gasteiger partial charge on any atom is -0.392 e. The van der Waals surface area contributed by atoms with Crippen molar-refractivity contribution in [1.29, 1.82) is 0 Å². The molecule has 0 rings (SSSR count). The van der Waals surface area contributed by atoms with Crippen molar-refractivity contribution in [2.45, 2.75) is 116 Å². The predicted octanol–water partition coefficient (Wildman–Crippen LogP) is 5.35. The van der Waals surface area contributed by atoms with Crippen molar-refractivity contribution in [3.63, 3.8) is 0 Å². The number of hydrogen-bond acceptors (Lipinski definition) is 2. The van der Waals surface area contributed by atoms with Crippen LogP contribution < -0.4 is 5.32 Å². The molecule has 0 aliphatic rings. The summed E-state index contributed by atoms with van der Waals surface area (Å²) < 4.78 is 0. The largest absolute Gasteiger partial charge is 0.392 e. The molecular formula is C20H41NO2. The van der Waals surface area contributed by atoms with E-state index in [1.165, 1.54) is 77.0 Å². The maximum absolute atomic E-state index is 11.4. The van der Waals surface area contributed by atoms with Gasteiger partial charge in [0.05, 0.1) is 6.10 Å². The van der Waals surface area contributed by atoms with Crippen LogP contribution in [0.4, 0.5) is 0 Å². The zero-order valence-corrected chi connectivity index (χ0v) is 15.7. The third-order valence-electron chi connectivity index (χ3n) is 4.35. The molecule has 0 fully saturated rings. The van der Waals surface area contributed by atoms with Crippen LogP contribution in [0.15, 0.2) is 0 Å². The lowest BCUT2D eigenvalue weighted by molar-refractivity contribution is -0.121. The first-order chi connectivity index (χ1) is 11.2. The van der Waals surface area contributed by atoms with Crippen LogP contribution in [-0.4, -0.2) is 23.7 Å². The molecule has 0 saturated heterocycles. The Morgan fingerprint density at radius 3 is 1.57 bits per heavy atom. The van der Waals surface area contributed by atoms with E-state index in [2.05, 4.69) is 12.2 Å². The lowest BCUT2D eigenvalue weighted by Crippen LogP contribution is -2.30. The van der Waals surface area contributed by atoms with Crippen molar-refractivity contribution >= 4 is 5.91 Å². The van der Waals surface area contributed by atoms with Gasteiger partial charge in [0.2, 0.25) is 5.91 Å². The van der Waals surface area contributed by atoms with E-state index in [-0.39, 0.29) is 5.91 Å². The minimum absolute atomic E-state index is 0.0739. The zero-order valence-electron chi connectivity index (χ0n) is 15.7. The molecule has 3 nitrogen and oxygen atoms in total. The Morgan fingerprint density at radius 2 is 1.17 bits per heavy atom. The number of rotatable bonds is 17. The molecule has 2 N–H and O–H groups in total. The molecule has 0 aromatic rings. The van der Waals surface area contributed by atoms with Gasteiger partial charge in [-0.1, -0.05) is 90.4 Å². The van der Waals surface area contributed by atoms with Gasteiger partial charge in [-0.3, -0.25) is 4.79 Å². The van der Waals surface area contributed by atoms with Gasteiger partial charge in [0.15, 0.2) is 0 Å². The summed E-state index contributed by atoms with van der Waals surface area (Å²) in [7, 11) is 0. The summed E-state index contributed by atoms with van der Waals surface area (Å²) in [6.45, 7) is 4.33. The SMILES string of the molecule is CCCCCCCCCCCCCCCCC(=O)NCC(C)O. The van der Waals surface area contributed by atoms with Crippen molar-refractivity contribution in [3.05, 3.63) is 0 Å². The molecule has 0 aliphatic carbocycles. The number of aliphatic hydroxyl groups excluding tert-OH is 1. The number of unbranched alkanes of at least 4 members (excludes halogenated alkanes) is 13. The van der Waals surface area contributed by atoms with E-state index in [4.69, 9.17) is 5.11 Å². The maximum atomic E-state index is 11.4. The zero-order chi connectivity index (χ0) is 17.2. The molecule has 0 aromatic heterocycles. The van der Waals surface area contributed by atoms with E-state index in [9.17, 15) is 4.79 Å². The van der Waals surface area contributed by atoms with E-state index in [1.54, 1.807) is 6.92 Å². The molecule has 0 radical (unpaired) electrons. The fraction of sp³-hybridized carbons (Fsp3) is 0.950. The molecule has 0 bridgehead atoms. The second kappa shape index (κ2) is 17.8. The van der Waals surface area contributed by atoms with Gasteiger partial charge >= 0.3 is 0 Å². The Hall–Kier alpha value is -0.570. The van der Waals surface area contributed by atoms with Crippen molar-refractivity contribution in [3.8, 4) is 0 Å². The van der Waals surface area contributed by atoms with E-state index in [0.29, 0.717) is 13.0 Å². The second-order valence-electron chi connectivity index (χ2n) is 7.00. The van der Waals surface area contributed by atoms with Gasteiger partial charge in [-0.2, -0.15) is 0 Å². The maximum Gasteiger partial charge on any atom is 0.220 e. The van der Waals surface area contributed by atoms with Crippen LogP contribution >= 0.6 is 0 Å². The molecule has 1 amide bonds. The van der Waals surface area contributed by atoms with Crippen molar-refractivity contribution < 1.29 is 9.90 Å². The minimum atomic E-state index is -0.449. The average molecular weight is 328 g/mol. The van der Waals surface area contributed by atoms with E-state index in [0.717, 1.165) is 12.8 Å². The highest BCUT2D eigenvalue weighted by molar-refractivity contribution is 5.75. The monoisotopic (exact) mass is 327 g/mol. The molecule has 0 spiro atoms.